The first-order valence-corrected chi connectivity index (χ1v) is 12.3. The van der Waals surface area contributed by atoms with Crippen LogP contribution in [-0.2, 0) is 26.3 Å². The van der Waals surface area contributed by atoms with E-state index in [9.17, 15) is 14.4 Å². The van der Waals surface area contributed by atoms with Gasteiger partial charge in [-0.1, -0.05) is 72.3 Å². The molecule has 1 unspecified atom stereocenters. The molecule has 5 nitrogen and oxygen atoms in total. The quantitative estimate of drug-likeness (QED) is 0.370. The van der Waals surface area contributed by atoms with E-state index in [2.05, 4.69) is 16.4 Å². The smallest absolute Gasteiger partial charge is 0.217 e. The van der Waals surface area contributed by atoms with Crippen molar-refractivity contribution < 1.29 is 14.4 Å². The number of carbonyl (C=O) groups is 3. The Morgan fingerprint density at radius 1 is 0.944 bits per heavy atom. The Morgan fingerprint density at radius 2 is 1.58 bits per heavy atom. The number of aryl methyl sites for hydroxylation is 2. The molecule has 1 saturated carbocycles. The summed E-state index contributed by atoms with van der Waals surface area (Å²) in [7, 11) is 0. The highest BCUT2D eigenvalue weighted by Gasteiger charge is 2.62. The van der Waals surface area contributed by atoms with Crippen LogP contribution in [0.5, 0.6) is 0 Å². The topological polar surface area (TPSA) is 79.0 Å². The summed E-state index contributed by atoms with van der Waals surface area (Å²) in [5.74, 6) is -1.59. The Hall–Kier alpha value is -3.99. The molecule has 1 atom stereocenters. The lowest BCUT2D eigenvalue weighted by atomic mass is 9.53. The number of rotatable bonds is 6. The van der Waals surface area contributed by atoms with Gasteiger partial charge in [0.2, 0.25) is 5.91 Å². The Balaban J connectivity index is 1.66. The van der Waals surface area contributed by atoms with E-state index in [1.54, 1.807) is 6.92 Å². The van der Waals surface area contributed by atoms with Crippen molar-refractivity contribution in [2.45, 2.75) is 45.6 Å². The van der Waals surface area contributed by atoms with Crippen LogP contribution in [-0.4, -0.2) is 22.5 Å². The molecule has 0 saturated heterocycles. The van der Waals surface area contributed by atoms with Crippen molar-refractivity contribution in [2.75, 3.05) is 0 Å². The molecule has 1 aromatic heterocycles. The molecule has 5 rings (SSSR count). The summed E-state index contributed by atoms with van der Waals surface area (Å²) in [4.78, 5) is 43.2. The fourth-order valence-corrected chi connectivity index (χ4v) is 5.50. The van der Waals surface area contributed by atoms with Gasteiger partial charge in [-0.3, -0.25) is 14.4 Å². The Labute approximate surface area is 210 Å². The van der Waals surface area contributed by atoms with E-state index in [1.807, 2.05) is 80.6 Å². The molecular weight excluding hydrogens is 448 g/mol. The molecule has 36 heavy (non-hydrogen) atoms. The first-order valence-electron chi connectivity index (χ1n) is 12.3. The minimum absolute atomic E-state index is 0.0782. The number of ketones is 2. The van der Waals surface area contributed by atoms with E-state index in [4.69, 9.17) is 0 Å². The van der Waals surface area contributed by atoms with E-state index in [0.717, 1.165) is 44.4 Å². The number of fused-ring (bicyclic) bond motifs is 1. The van der Waals surface area contributed by atoms with E-state index < -0.39 is 17.3 Å². The van der Waals surface area contributed by atoms with Crippen LogP contribution in [0, 0.1) is 19.8 Å². The van der Waals surface area contributed by atoms with Crippen LogP contribution in [0.4, 0.5) is 0 Å². The first-order chi connectivity index (χ1) is 17.2. The molecule has 0 bridgehead atoms. The van der Waals surface area contributed by atoms with Gasteiger partial charge in [0.15, 0.2) is 11.6 Å². The summed E-state index contributed by atoms with van der Waals surface area (Å²) >= 11 is 0. The number of carbonyl (C=O) groups excluding carboxylic acids is 3. The molecule has 0 radical (unpaired) electrons. The Morgan fingerprint density at radius 3 is 2.22 bits per heavy atom. The summed E-state index contributed by atoms with van der Waals surface area (Å²) in [6.45, 7) is 7.54. The van der Waals surface area contributed by atoms with Crippen molar-refractivity contribution in [1.82, 2.24) is 10.3 Å². The van der Waals surface area contributed by atoms with Crippen molar-refractivity contribution in [2.24, 2.45) is 5.92 Å². The minimum atomic E-state index is -1.16. The van der Waals surface area contributed by atoms with E-state index >= 15 is 0 Å². The zero-order valence-electron chi connectivity index (χ0n) is 21.0. The number of aromatic nitrogens is 1. The summed E-state index contributed by atoms with van der Waals surface area (Å²) in [5.41, 5.74) is 5.26. The van der Waals surface area contributed by atoms with Crippen molar-refractivity contribution in [1.29, 1.82) is 0 Å². The molecular formula is C31H30N2O3. The fraction of sp³-hybridized carbons (Fsp3) is 0.258. The van der Waals surface area contributed by atoms with Crippen molar-refractivity contribution in [3.05, 3.63) is 106 Å². The molecule has 1 aliphatic rings. The Kier molecular flexibility index (Phi) is 5.87. The highest BCUT2D eigenvalue weighted by molar-refractivity contribution is 6.32. The number of benzene rings is 3. The van der Waals surface area contributed by atoms with E-state index in [-0.39, 0.29) is 17.5 Å². The van der Waals surface area contributed by atoms with E-state index in [1.165, 1.54) is 6.92 Å². The average molecular weight is 479 g/mol. The number of hydrogen-bond donors (Lipinski definition) is 2. The van der Waals surface area contributed by atoms with Crippen molar-refractivity contribution >= 4 is 28.4 Å². The largest absolute Gasteiger partial charge is 0.358 e. The first kappa shape index (κ1) is 23.7. The third kappa shape index (κ3) is 3.76. The molecule has 4 aromatic rings. The molecule has 1 fully saturated rings. The lowest BCUT2D eigenvalue weighted by Crippen LogP contribution is -2.62. The van der Waals surface area contributed by atoms with Gasteiger partial charge in [-0.05, 0) is 43.5 Å². The van der Waals surface area contributed by atoms with Crippen LogP contribution in [0.3, 0.4) is 0 Å². The molecule has 5 heteroatoms. The van der Waals surface area contributed by atoms with Gasteiger partial charge in [-0.25, -0.2) is 0 Å². The van der Waals surface area contributed by atoms with Gasteiger partial charge in [0.05, 0.1) is 5.92 Å². The molecule has 2 N–H and O–H groups in total. The van der Waals surface area contributed by atoms with Crippen molar-refractivity contribution in [3.8, 4) is 0 Å². The SMILES string of the molecule is CC(=O)NCc1c(C(c2ccccc2)C2C(=O)C(C)(c3ccc(C)cc3)C2=O)[nH]c2cc(C)ccc12. The number of H-pyrrole nitrogens is 1. The summed E-state index contributed by atoms with van der Waals surface area (Å²) < 4.78 is 0. The highest BCUT2D eigenvalue weighted by Crippen LogP contribution is 2.50. The molecule has 1 aliphatic carbocycles. The predicted molar refractivity (Wildman–Crippen MR) is 141 cm³/mol. The van der Waals surface area contributed by atoms with Gasteiger partial charge in [-0.15, -0.1) is 0 Å². The number of aromatic amines is 1. The standard InChI is InChI=1S/C31H30N2O3/c1-18-10-13-22(14-11-18)31(4)29(35)27(30(31)36)26(21-8-6-5-7-9-21)28-24(17-32-20(3)34)23-15-12-19(2)16-25(23)33-28/h5-16,26-27,33H,17H2,1-4H3,(H,32,34). The Bertz CT molecular complexity index is 1470. The molecule has 182 valence electrons. The van der Waals surface area contributed by atoms with Crippen molar-refractivity contribution in [3.63, 3.8) is 0 Å². The molecule has 1 heterocycles. The second-order valence-electron chi connectivity index (χ2n) is 10.1. The molecule has 0 aliphatic heterocycles. The van der Waals surface area contributed by atoms with Gasteiger partial charge in [0.25, 0.3) is 0 Å². The maximum absolute atomic E-state index is 13.9. The van der Waals surface area contributed by atoms with Crippen LogP contribution >= 0.6 is 0 Å². The third-order valence-electron chi connectivity index (χ3n) is 7.59. The predicted octanol–water partition coefficient (Wildman–Crippen LogP) is 5.28. The number of hydrogen-bond acceptors (Lipinski definition) is 3. The zero-order chi connectivity index (χ0) is 25.6. The second kappa shape index (κ2) is 8.90. The van der Waals surface area contributed by atoms with Crippen LogP contribution in [0.15, 0.2) is 72.8 Å². The van der Waals surface area contributed by atoms with Crippen LogP contribution in [0.25, 0.3) is 10.9 Å². The number of Topliss-reactive ketones (excluding diaryl/α,β-unsaturated/α-hetero) is 2. The fourth-order valence-electron chi connectivity index (χ4n) is 5.50. The highest BCUT2D eigenvalue weighted by atomic mass is 16.2. The van der Waals surface area contributed by atoms with Gasteiger partial charge >= 0.3 is 0 Å². The lowest BCUT2D eigenvalue weighted by molar-refractivity contribution is -0.153. The summed E-state index contributed by atoms with van der Waals surface area (Å²) in [5, 5.41) is 3.89. The van der Waals surface area contributed by atoms with Gasteiger partial charge in [0, 0.05) is 41.5 Å². The zero-order valence-corrected chi connectivity index (χ0v) is 21.0. The minimum Gasteiger partial charge on any atom is -0.358 e. The maximum Gasteiger partial charge on any atom is 0.217 e. The molecule has 3 aromatic carbocycles. The average Bonchev–Trinajstić information content (AvgIpc) is 3.22. The maximum atomic E-state index is 13.9. The number of amides is 1. The van der Waals surface area contributed by atoms with Crippen LogP contribution < -0.4 is 5.32 Å². The molecule has 0 spiro atoms. The van der Waals surface area contributed by atoms with Gasteiger partial charge in [-0.2, -0.15) is 0 Å². The lowest BCUT2D eigenvalue weighted by Gasteiger charge is -2.45. The normalized spacial score (nSPS) is 20.3. The summed E-state index contributed by atoms with van der Waals surface area (Å²) in [6, 6.07) is 23.5. The van der Waals surface area contributed by atoms with Crippen LogP contribution in [0.2, 0.25) is 0 Å². The van der Waals surface area contributed by atoms with Gasteiger partial charge in [0.1, 0.15) is 5.41 Å². The molecule has 1 amide bonds. The second-order valence-corrected chi connectivity index (χ2v) is 10.1. The summed E-state index contributed by atoms with van der Waals surface area (Å²) in [6.07, 6.45) is 0. The van der Waals surface area contributed by atoms with Crippen LogP contribution in [0.1, 0.15) is 53.3 Å². The van der Waals surface area contributed by atoms with Gasteiger partial charge < -0.3 is 10.3 Å². The third-order valence-corrected chi connectivity index (χ3v) is 7.59. The monoisotopic (exact) mass is 478 g/mol. The number of nitrogens with one attached hydrogen (secondary N) is 2. The van der Waals surface area contributed by atoms with E-state index in [0.29, 0.717) is 6.54 Å².